The summed E-state index contributed by atoms with van der Waals surface area (Å²) < 4.78 is 9.31. The highest BCUT2D eigenvalue weighted by atomic mass is 79.9. The fourth-order valence-electron chi connectivity index (χ4n) is 3.09. The Balaban J connectivity index is 1.70. The number of aromatic nitrogens is 2. The third-order valence-corrected chi connectivity index (χ3v) is 4.85. The second-order valence-electron chi connectivity index (χ2n) is 6.28. The van der Waals surface area contributed by atoms with Crippen LogP contribution in [-0.4, -0.2) is 9.55 Å². The van der Waals surface area contributed by atoms with E-state index < -0.39 is 0 Å². The Bertz CT molecular complexity index is 1030. The first-order chi connectivity index (χ1) is 12.7. The van der Waals surface area contributed by atoms with Crippen molar-refractivity contribution in [2.24, 2.45) is 0 Å². The molecule has 0 spiro atoms. The zero-order valence-electron chi connectivity index (χ0n) is 14.5. The molecular formula is C22H19BrN2O. The van der Waals surface area contributed by atoms with Gasteiger partial charge in [0, 0.05) is 11.0 Å². The molecule has 3 aromatic carbocycles. The molecule has 0 saturated heterocycles. The number of halogens is 1. The minimum Gasteiger partial charge on any atom is -0.487 e. The highest BCUT2D eigenvalue weighted by molar-refractivity contribution is 9.10. The van der Waals surface area contributed by atoms with Gasteiger partial charge in [-0.25, -0.2) is 4.98 Å². The molecule has 4 heteroatoms. The van der Waals surface area contributed by atoms with Gasteiger partial charge in [0.2, 0.25) is 0 Å². The molecule has 0 fully saturated rings. The first-order valence-electron chi connectivity index (χ1n) is 8.58. The summed E-state index contributed by atoms with van der Waals surface area (Å²) in [5, 5.41) is 0. The van der Waals surface area contributed by atoms with Crippen LogP contribution in [-0.2, 0) is 13.2 Å². The predicted molar refractivity (Wildman–Crippen MR) is 108 cm³/mol. The van der Waals surface area contributed by atoms with Gasteiger partial charge in [0.05, 0.1) is 5.52 Å². The molecule has 26 heavy (non-hydrogen) atoms. The molecule has 0 N–H and O–H groups in total. The van der Waals surface area contributed by atoms with Gasteiger partial charge in [0.1, 0.15) is 23.7 Å². The van der Waals surface area contributed by atoms with Crippen LogP contribution in [0.3, 0.4) is 0 Å². The highest BCUT2D eigenvalue weighted by Crippen LogP contribution is 2.31. The lowest BCUT2D eigenvalue weighted by Crippen LogP contribution is -2.02. The van der Waals surface area contributed by atoms with Gasteiger partial charge in [-0.1, -0.05) is 76.6 Å². The lowest BCUT2D eigenvalue weighted by Gasteiger charge is -2.10. The maximum absolute atomic E-state index is 6.10. The molecule has 3 nitrogen and oxygen atoms in total. The SMILES string of the molecule is Cc1nc2c(OCc3ccccc3)cc(Br)cc2n1Cc1ccccc1. The van der Waals surface area contributed by atoms with Gasteiger partial charge in [0.15, 0.2) is 0 Å². The van der Waals surface area contributed by atoms with E-state index in [4.69, 9.17) is 9.72 Å². The van der Waals surface area contributed by atoms with Gasteiger partial charge >= 0.3 is 0 Å². The standard InChI is InChI=1S/C22H19BrN2O/c1-16-24-22-20(25(16)14-17-8-4-2-5-9-17)12-19(23)13-21(22)26-15-18-10-6-3-7-11-18/h2-13H,14-15H2,1H3. The summed E-state index contributed by atoms with van der Waals surface area (Å²) in [6, 6.07) is 24.7. The predicted octanol–water partition coefficient (Wildman–Crippen LogP) is 5.73. The van der Waals surface area contributed by atoms with E-state index in [9.17, 15) is 0 Å². The summed E-state index contributed by atoms with van der Waals surface area (Å²) >= 11 is 3.62. The van der Waals surface area contributed by atoms with E-state index in [1.807, 2.05) is 37.3 Å². The molecule has 0 unspecified atom stereocenters. The third kappa shape index (κ3) is 3.51. The maximum atomic E-state index is 6.10. The summed E-state index contributed by atoms with van der Waals surface area (Å²) in [5.41, 5.74) is 4.36. The van der Waals surface area contributed by atoms with Crippen molar-refractivity contribution in [1.82, 2.24) is 9.55 Å². The molecule has 0 radical (unpaired) electrons. The molecule has 4 rings (SSSR count). The average molecular weight is 407 g/mol. The molecule has 0 saturated carbocycles. The van der Waals surface area contributed by atoms with E-state index in [2.05, 4.69) is 63.0 Å². The van der Waals surface area contributed by atoms with Crippen molar-refractivity contribution in [3.8, 4) is 5.75 Å². The second-order valence-corrected chi connectivity index (χ2v) is 7.19. The van der Waals surface area contributed by atoms with Crippen molar-refractivity contribution in [2.75, 3.05) is 0 Å². The number of ether oxygens (including phenoxy) is 1. The molecule has 1 heterocycles. The minimum absolute atomic E-state index is 0.525. The van der Waals surface area contributed by atoms with Gasteiger partial charge in [-0.2, -0.15) is 0 Å². The normalized spacial score (nSPS) is 11.0. The summed E-state index contributed by atoms with van der Waals surface area (Å²) in [6.07, 6.45) is 0. The van der Waals surface area contributed by atoms with E-state index in [0.29, 0.717) is 6.61 Å². The van der Waals surface area contributed by atoms with Crippen LogP contribution in [0, 0.1) is 6.92 Å². The van der Waals surface area contributed by atoms with Crippen molar-refractivity contribution >= 4 is 27.0 Å². The second kappa shape index (κ2) is 7.34. The van der Waals surface area contributed by atoms with Crippen LogP contribution in [0.2, 0.25) is 0 Å². The van der Waals surface area contributed by atoms with Crippen molar-refractivity contribution in [3.05, 3.63) is 94.2 Å². The fourth-order valence-corrected chi connectivity index (χ4v) is 3.51. The maximum Gasteiger partial charge on any atom is 0.148 e. The van der Waals surface area contributed by atoms with Gasteiger partial charge in [-0.15, -0.1) is 0 Å². The van der Waals surface area contributed by atoms with Crippen LogP contribution in [0.15, 0.2) is 77.3 Å². The van der Waals surface area contributed by atoms with Crippen molar-refractivity contribution in [3.63, 3.8) is 0 Å². The molecule has 1 aromatic heterocycles. The van der Waals surface area contributed by atoms with E-state index in [-0.39, 0.29) is 0 Å². The number of hydrogen-bond donors (Lipinski definition) is 0. The molecule has 0 aliphatic carbocycles. The van der Waals surface area contributed by atoms with E-state index in [1.165, 1.54) is 5.56 Å². The zero-order valence-corrected chi connectivity index (χ0v) is 16.1. The summed E-state index contributed by atoms with van der Waals surface area (Å²) in [7, 11) is 0. The number of hydrogen-bond acceptors (Lipinski definition) is 2. The van der Waals surface area contributed by atoms with Gasteiger partial charge in [0.25, 0.3) is 0 Å². The quantitative estimate of drug-likeness (QED) is 0.422. The van der Waals surface area contributed by atoms with E-state index in [0.717, 1.165) is 39.2 Å². The number of imidazole rings is 1. The molecule has 0 aliphatic rings. The Morgan fingerprint density at radius 3 is 2.27 bits per heavy atom. The van der Waals surface area contributed by atoms with Crippen molar-refractivity contribution in [1.29, 1.82) is 0 Å². The Morgan fingerprint density at radius 1 is 0.923 bits per heavy atom. The van der Waals surface area contributed by atoms with Crippen LogP contribution in [0.1, 0.15) is 17.0 Å². The van der Waals surface area contributed by atoms with Gasteiger partial charge in [-0.05, 0) is 30.2 Å². The first-order valence-corrected chi connectivity index (χ1v) is 9.37. The topological polar surface area (TPSA) is 27.1 Å². The molecular weight excluding hydrogens is 388 g/mol. The van der Waals surface area contributed by atoms with E-state index in [1.54, 1.807) is 0 Å². The minimum atomic E-state index is 0.525. The van der Waals surface area contributed by atoms with Gasteiger partial charge in [-0.3, -0.25) is 0 Å². The van der Waals surface area contributed by atoms with Crippen molar-refractivity contribution < 1.29 is 4.74 Å². The summed E-state index contributed by atoms with van der Waals surface area (Å²) in [6.45, 7) is 3.35. The van der Waals surface area contributed by atoms with Crippen LogP contribution in [0.4, 0.5) is 0 Å². The fraction of sp³-hybridized carbons (Fsp3) is 0.136. The Morgan fingerprint density at radius 2 is 1.58 bits per heavy atom. The van der Waals surface area contributed by atoms with Crippen LogP contribution in [0.25, 0.3) is 11.0 Å². The lowest BCUT2D eigenvalue weighted by atomic mass is 10.2. The number of benzene rings is 3. The third-order valence-electron chi connectivity index (χ3n) is 4.40. The number of rotatable bonds is 5. The Kier molecular flexibility index (Phi) is 4.76. The van der Waals surface area contributed by atoms with Crippen molar-refractivity contribution in [2.45, 2.75) is 20.1 Å². The Labute approximate surface area is 161 Å². The summed E-state index contributed by atoms with van der Waals surface area (Å²) in [4.78, 5) is 4.78. The van der Waals surface area contributed by atoms with Crippen LogP contribution < -0.4 is 4.74 Å². The number of nitrogens with zero attached hydrogens (tertiary/aromatic N) is 2. The van der Waals surface area contributed by atoms with E-state index >= 15 is 0 Å². The lowest BCUT2D eigenvalue weighted by molar-refractivity contribution is 0.309. The molecule has 130 valence electrons. The molecule has 0 atom stereocenters. The monoisotopic (exact) mass is 406 g/mol. The zero-order chi connectivity index (χ0) is 17.9. The number of aryl methyl sites for hydroxylation is 1. The van der Waals surface area contributed by atoms with Crippen LogP contribution in [0.5, 0.6) is 5.75 Å². The highest BCUT2D eigenvalue weighted by Gasteiger charge is 2.14. The molecule has 4 aromatic rings. The first kappa shape index (κ1) is 16.9. The largest absolute Gasteiger partial charge is 0.487 e. The van der Waals surface area contributed by atoms with Gasteiger partial charge < -0.3 is 9.30 Å². The smallest absolute Gasteiger partial charge is 0.148 e. The molecule has 0 bridgehead atoms. The Hall–Kier alpha value is -2.59. The number of fused-ring (bicyclic) bond motifs is 1. The summed E-state index contributed by atoms with van der Waals surface area (Å²) in [5.74, 6) is 1.78. The molecule has 0 amide bonds. The molecule has 0 aliphatic heterocycles. The van der Waals surface area contributed by atoms with Crippen LogP contribution >= 0.6 is 15.9 Å². The average Bonchev–Trinajstić information content (AvgIpc) is 2.97.